The maximum absolute atomic E-state index is 8.97. The lowest BCUT2D eigenvalue weighted by atomic mass is 9.89. The van der Waals surface area contributed by atoms with Crippen molar-refractivity contribution in [1.29, 1.82) is 0 Å². The van der Waals surface area contributed by atoms with E-state index in [1.807, 2.05) is 0 Å². The first-order valence-corrected chi connectivity index (χ1v) is 6.92. The zero-order chi connectivity index (χ0) is 12.8. The summed E-state index contributed by atoms with van der Waals surface area (Å²) in [6, 6.07) is 10.7. The fourth-order valence-corrected chi connectivity index (χ4v) is 2.81. The van der Waals surface area contributed by atoms with Crippen LogP contribution in [0.3, 0.4) is 0 Å². The third-order valence-corrected chi connectivity index (χ3v) is 3.86. The van der Waals surface area contributed by atoms with Gasteiger partial charge in [-0.1, -0.05) is 30.3 Å². The van der Waals surface area contributed by atoms with E-state index in [4.69, 9.17) is 10.8 Å². The monoisotopic (exact) mass is 248 g/mol. The average Bonchev–Trinajstić information content (AvgIpc) is 2.40. The molecule has 0 aliphatic carbocycles. The van der Waals surface area contributed by atoms with E-state index < -0.39 is 0 Å². The van der Waals surface area contributed by atoms with Gasteiger partial charge in [0.15, 0.2) is 0 Å². The Balaban J connectivity index is 1.87. The van der Waals surface area contributed by atoms with Crippen molar-refractivity contribution >= 4 is 0 Å². The Morgan fingerprint density at radius 1 is 1.33 bits per heavy atom. The molecule has 100 valence electrons. The summed E-state index contributed by atoms with van der Waals surface area (Å²) in [6.07, 6.45) is 3.15. The quantitative estimate of drug-likeness (QED) is 0.832. The van der Waals surface area contributed by atoms with Crippen molar-refractivity contribution in [2.24, 2.45) is 11.7 Å². The number of piperidine rings is 1. The summed E-state index contributed by atoms with van der Waals surface area (Å²) in [7, 11) is 0. The lowest BCUT2D eigenvalue weighted by Crippen LogP contribution is -2.43. The normalized spacial score (nSPS) is 22.9. The highest BCUT2D eigenvalue weighted by molar-refractivity contribution is 5.14. The number of benzene rings is 1. The Labute approximate surface area is 110 Å². The van der Waals surface area contributed by atoms with E-state index in [0.717, 1.165) is 26.1 Å². The molecular formula is C15H24N2O. The molecule has 1 saturated heterocycles. The molecule has 2 atom stereocenters. The van der Waals surface area contributed by atoms with Gasteiger partial charge in [-0.25, -0.2) is 0 Å². The van der Waals surface area contributed by atoms with Crippen LogP contribution in [0.2, 0.25) is 0 Å². The first-order chi connectivity index (χ1) is 8.79. The number of aliphatic hydroxyl groups is 1. The van der Waals surface area contributed by atoms with Crippen molar-refractivity contribution in [3.63, 3.8) is 0 Å². The third-order valence-electron chi connectivity index (χ3n) is 3.86. The summed E-state index contributed by atoms with van der Waals surface area (Å²) < 4.78 is 0. The van der Waals surface area contributed by atoms with E-state index in [1.54, 1.807) is 0 Å². The van der Waals surface area contributed by atoms with Gasteiger partial charge in [-0.2, -0.15) is 0 Å². The van der Waals surface area contributed by atoms with Crippen LogP contribution in [-0.4, -0.2) is 35.7 Å². The van der Waals surface area contributed by atoms with Crippen LogP contribution >= 0.6 is 0 Å². The van der Waals surface area contributed by atoms with E-state index in [1.165, 1.54) is 18.4 Å². The summed E-state index contributed by atoms with van der Waals surface area (Å²) in [5.74, 6) is 0.537. The minimum atomic E-state index is 0.147. The molecule has 0 radical (unpaired) electrons. The average molecular weight is 248 g/mol. The number of aliphatic hydroxyl groups excluding tert-OH is 1. The Bertz CT molecular complexity index is 342. The van der Waals surface area contributed by atoms with Crippen molar-refractivity contribution in [2.45, 2.75) is 31.8 Å². The molecule has 1 heterocycles. The van der Waals surface area contributed by atoms with Gasteiger partial charge in [0.25, 0.3) is 0 Å². The molecule has 0 amide bonds. The molecule has 0 saturated carbocycles. The number of rotatable bonds is 5. The summed E-state index contributed by atoms with van der Waals surface area (Å²) in [5, 5.41) is 8.97. The van der Waals surface area contributed by atoms with Gasteiger partial charge < -0.3 is 10.8 Å². The third kappa shape index (κ3) is 3.80. The van der Waals surface area contributed by atoms with E-state index in [-0.39, 0.29) is 12.6 Å². The van der Waals surface area contributed by atoms with Gasteiger partial charge in [-0.05, 0) is 37.3 Å². The van der Waals surface area contributed by atoms with Crippen LogP contribution in [0.15, 0.2) is 30.3 Å². The van der Waals surface area contributed by atoms with Crippen LogP contribution in [0.4, 0.5) is 0 Å². The van der Waals surface area contributed by atoms with Crippen LogP contribution in [0.25, 0.3) is 0 Å². The van der Waals surface area contributed by atoms with E-state index >= 15 is 0 Å². The zero-order valence-corrected chi connectivity index (χ0v) is 11.0. The lowest BCUT2D eigenvalue weighted by molar-refractivity contribution is 0.139. The fourth-order valence-electron chi connectivity index (χ4n) is 2.81. The van der Waals surface area contributed by atoms with Crippen LogP contribution in [0, 0.1) is 5.92 Å². The highest BCUT2D eigenvalue weighted by Crippen LogP contribution is 2.21. The van der Waals surface area contributed by atoms with Gasteiger partial charge >= 0.3 is 0 Å². The second-order valence-electron chi connectivity index (χ2n) is 5.30. The van der Waals surface area contributed by atoms with Gasteiger partial charge in [0.1, 0.15) is 0 Å². The molecule has 0 bridgehead atoms. The first kappa shape index (κ1) is 13.5. The maximum atomic E-state index is 8.97. The second kappa shape index (κ2) is 6.88. The molecule has 1 aliphatic heterocycles. The van der Waals surface area contributed by atoms with Crippen LogP contribution in [-0.2, 0) is 6.54 Å². The Hall–Kier alpha value is -0.900. The van der Waals surface area contributed by atoms with Gasteiger partial charge in [-0.3, -0.25) is 4.90 Å². The molecule has 0 unspecified atom stereocenters. The summed E-state index contributed by atoms with van der Waals surface area (Å²) in [4.78, 5) is 2.49. The zero-order valence-electron chi connectivity index (χ0n) is 11.0. The maximum Gasteiger partial charge on any atom is 0.0445 e. The number of nitrogens with zero attached hydrogens (tertiary/aromatic N) is 1. The number of hydrogen-bond donors (Lipinski definition) is 2. The lowest BCUT2D eigenvalue weighted by Gasteiger charge is -2.35. The van der Waals surface area contributed by atoms with E-state index in [2.05, 4.69) is 35.2 Å². The number of nitrogens with two attached hydrogens (primary N) is 1. The molecule has 2 rings (SSSR count). The predicted octanol–water partition coefficient (Wildman–Crippen LogP) is 1.61. The van der Waals surface area contributed by atoms with Crippen molar-refractivity contribution < 1.29 is 5.11 Å². The summed E-state index contributed by atoms with van der Waals surface area (Å²) in [5.41, 5.74) is 7.50. The van der Waals surface area contributed by atoms with Crippen molar-refractivity contribution in [1.82, 2.24) is 4.90 Å². The minimum Gasteiger partial charge on any atom is -0.396 e. The Kier molecular flexibility index (Phi) is 5.17. The van der Waals surface area contributed by atoms with Crippen molar-refractivity contribution in [3.05, 3.63) is 35.9 Å². The molecular weight excluding hydrogens is 224 g/mol. The second-order valence-corrected chi connectivity index (χ2v) is 5.30. The first-order valence-electron chi connectivity index (χ1n) is 6.92. The topological polar surface area (TPSA) is 49.5 Å². The van der Waals surface area contributed by atoms with Gasteiger partial charge in [0.2, 0.25) is 0 Å². The highest BCUT2D eigenvalue weighted by Gasteiger charge is 2.24. The highest BCUT2D eigenvalue weighted by atomic mass is 16.3. The molecule has 3 nitrogen and oxygen atoms in total. The Morgan fingerprint density at radius 2 is 2.11 bits per heavy atom. The Morgan fingerprint density at radius 3 is 2.83 bits per heavy atom. The van der Waals surface area contributed by atoms with Gasteiger partial charge in [0, 0.05) is 25.7 Å². The largest absolute Gasteiger partial charge is 0.396 e. The molecule has 0 spiro atoms. The molecule has 1 fully saturated rings. The van der Waals surface area contributed by atoms with Crippen LogP contribution < -0.4 is 5.73 Å². The molecule has 3 heteroatoms. The summed E-state index contributed by atoms with van der Waals surface area (Å²) >= 11 is 0. The standard InChI is InChI=1S/C15H24N2O/c16-15(8-10-18)14-7-4-9-17(12-14)11-13-5-2-1-3-6-13/h1-3,5-6,14-15,18H,4,7-12,16H2/t14-,15+/m1/s1. The smallest absolute Gasteiger partial charge is 0.0445 e. The molecule has 1 aromatic rings. The van der Waals surface area contributed by atoms with Crippen molar-refractivity contribution in [3.8, 4) is 0 Å². The number of likely N-dealkylation sites (tertiary alicyclic amines) is 1. The SMILES string of the molecule is N[C@@H](CCO)[C@@H]1CCCN(Cc2ccccc2)C1. The van der Waals surface area contributed by atoms with Crippen molar-refractivity contribution in [2.75, 3.05) is 19.7 Å². The molecule has 1 aromatic carbocycles. The molecule has 18 heavy (non-hydrogen) atoms. The summed E-state index contributed by atoms with van der Waals surface area (Å²) in [6.45, 7) is 3.45. The van der Waals surface area contributed by atoms with Crippen LogP contribution in [0.5, 0.6) is 0 Å². The predicted molar refractivity (Wildman–Crippen MR) is 74.1 cm³/mol. The minimum absolute atomic E-state index is 0.147. The fraction of sp³-hybridized carbons (Fsp3) is 0.600. The molecule has 0 aromatic heterocycles. The van der Waals surface area contributed by atoms with E-state index in [0.29, 0.717) is 5.92 Å². The molecule has 1 aliphatic rings. The van der Waals surface area contributed by atoms with Crippen LogP contribution in [0.1, 0.15) is 24.8 Å². The van der Waals surface area contributed by atoms with E-state index in [9.17, 15) is 0 Å². The van der Waals surface area contributed by atoms with Gasteiger partial charge in [0.05, 0.1) is 0 Å². The number of hydrogen-bond acceptors (Lipinski definition) is 3. The molecule has 3 N–H and O–H groups in total. The van der Waals surface area contributed by atoms with Gasteiger partial charge in [-0.15, -0.1) is 0 Å².